The van der Waals surface area contributed by atoms with Gasteiger partial charge in [0.25, 0.3) is 0 Å². The summed E-state index contributed by atoms with van der Waals surface area (Å²) in [7, 11) is 1.57. The van der Waals surface area contributed by atoms with E-state index in [2.05, 4.69) is 25.8 Å². The van der Waals surface area contributed by atoms with Crippen molar-refractivity contribution < 1.29 is 23.8 Å². The van der Waals surface area contributed by atoms with Gasteiger partial charge in [0.05, 0.1) is 45.8 Å². The van der Waals surface area contributed by atoms with E-state index < -0.39 is 11.8 Å². The van der Waals surface area contributed by atoms with Gasteiger partial charge in [-0.15, -0.1) is 0 Å². The molecule has 49 heavy (non-hydrogen) atoms. The molecule has 2 saturated heterocycles. The van der Waals surface area contributed by atoms with Crippen molar-refractivity contribution in [1.82, 2.24) is 25.5 Å². The van der Waals surface area contributed by atoms with Gasteiger partial charge in [-0.1, -0.05) is 59.6 Å². The topological polar surface area (TPSA) is 129 Å². The van der Waals surface area contributed by atoms with Crippen molar-refractivity contribution in [2.45, 2.75) is 44.8 Å². The van der Waals surface area contributed by atoms with Gasteiger partial charge in [0.1, 0.15) is 0 Å². The number of likely N-dealkylation sites (tertiary alicyclic amines) is 1. The third-order valence-electron chi connectivity index (χ3n) is 9.02. The van der Waals surface area contributed by atoms with Crippen LogP contribution in [0.4, 0.5) is 15.8 Å². The number of rotatable bonds is 12. The lowest BCUT2D eigenvalue weighted by Crippen LogP contribution is -2.36. The number of hydrogen-bond donors (Lipinski definition) is 4. The van der Waals surface area contributed by atoms with Crippen molar-refractivity contribution in [3.63, 3.8) is 0 Å². The fourth-order valence-electron chi connectivity index (χ4n) is 6.31. The number of aliphatic carboxylic acids is 1. The van der Waals surface area contributed by atoms with Crippen LogP contribution < -0.4 is 20.7 Å². The van der Waals surface area contributed by atoms with Crippen LogP contribution >= 0.6 is 23.2 Å². The number of benzene rings is 2. The van der Waals surface area contributed by atoms with Gasteiger partial charge in [-0.25, -0.2) is 9.37 Å². The summed E-state index contributed by atoms with van der Waals surface area (Å²) in [6.45, 7) is 2.74. The molecule has 0 bridgehead atoms. The van der Waals surface area contributed by atoms with E-state index >= 15 is 4.39 Å². The molecule has 1 atom stereocenters. The second kappa shape index (κ2) is 15.5. The molecule has 4 aromatic rings. The van der Waals surface area contributed by atoms with Crippen LogP contribution in [0.15, 0.2) is 60.8 Å². The summed E-state index contributed by atoms with van der Waals surface area (Å²) in [5.74, 6) is -0.989. The normalized spacial score (nSPS) is 16.8. The van der Waals surface area contributed by atoms with Gasteiger partial charge in [0.2, 0.25) is 11.8 Å². The average molecular weight is 708 g/mol. The van der Waals surface area contributed by atoms with Crippen LogP contribution in [0.2, 0.25) is 10.0 Å². The van der Waals surface area contributed by atoms with Crippen molar-refractivity contribution in [2.75, 3.05) is 32.1 Å². The molecule has 13 heteroatoms. The molecule has 0 radical (unpaired) electrons. The van der Waals surface area contributed by atoms with Gasteiger partial charge in [0.15, 0.2) is 5.82 Å². The zero-order valence-electron chi connectivity index (χ0n) is 26.9. The number of aromatic nitrogens is 2. The van der Waals surface area contributed by atoms with Gasteiger partial charge in [-0.3, -0.25) is 19.5 Å². The first-order valence-electron chi connectivity index (χ1n) is 16.2. The Morgan fingerprint density at radius 3 is 2.53 bits per heavy atom. The summed E-state index contributed by atoms with van der Waals surface area (Å²) in [5.41, 5.74) is 4.35. The number of nitrogens with zero attached hydrogens (tertiary/aromatic N) is 3. The molecular weight excluding hydrogens is 670 g/mol. The summed E-state index contributed by atoms with van der Waals surface area (Å²) in [5, 5.41) is 19.4. The Morgan fingerprint density at radius 2 is 1.80 bits per heavy atom. The highest BCUT2D eigenvalue weighted by Gasteiger charge is 2.26. The number of nitrogens with one attached hydrogen (secondary N) is 3. The fraction of sp³-hybridized carbons (Fsp3) is 0.333. The maximum absolute atomic E-state index is 15.7. The molecule has 4 heterocycles. The molecule has 256 valence electrons. The second-order valence-corrected chi connectivity index (χ2v) is 13.0. The molecule has 2 aromatic carbocycles. The van der Waals surface area contributed by atoms with Crippen LogP contribution in [0.5, 0.6) is 5.88 Å². The Hall–Kier alpha value is -4.29. The Labute approximate surface area is 294 Å². The van der Waals surface area contributed by atoms with Gasteiger partial charge in [-0.05, 0) is 50.6 Å². The zero-order valence-corrected chi connectivity index (χ0v) is 28.5. The van der Waals surface area contributed by atoms with Crippen LogP contribution in [0.3, 0.4) is 0 Å². The van der Waals surface area contributed by atoms with E-state index in [9.17, 15) is 14.7 Å². The van der Waals surface area contributed by atoms with Crippen LogP contribution in [0.25, 0.3) is 22.5 Å². The molecule has 4 N–H and O–H groups in total. The highest BCUT2D eigenvalue weighted by molar-refractivity contribution is 6.39. The number of carboxylic acids is 1. The molecule has 0 spiro atoms. The highest BCUT2D eigenvalue weighted by Crippen LogP contribution is 2.41. The number of carbonyl (C=O) groups is 2. The van der Waals surface area contributed by atoms with Crippen LogP contribution in [0.1, 0.15) is 36.8 Å². The first-order valence-corrected chi connectivity index (χ1v) is 16.9. The number of ether oxygens (including phenoxy) is 1. The molecule has 2 aliphatic rings. The quantitative estimate of drug-likeness (QED) is 0.128. The van der Waals surface area contributed by atoms with E-state index in [1.165, 1.54) is 0 Å². The average Bonchev–Trinajstić information content (AvgIpc) is 3.52. The predicted octanol–water partition coefficient (Wildman–Crippen LogP) is 6.67. The van der Waals surface area contributed by atoms with E-state index in [0.29, 0.717) is 96.7 Å². The molecule has 0 unspecified atom stereocenters. The Bertz CT molecular complexity index is 1850. The van der Waals surface area contributed by atoms with Crippen molar-refractivity contribution in [3.8, 4) is 28.4 Å². The van der Waals surface area contributed by atoms with Gasteiger partial charge in [-0.2, -0.15) is 0 Å². The number of methoxy groups -OCH3 is 1. The van der Waals surface area contributed by atoms with E-state index in [1.54, 1.807) is 37.6 Å². The number of carboxylic acid groups (broad SMARTS) is 1. The summed E-state index contributed by atoms with van der Waals surface area (Å²) >= 11 is 13.9. The Balaban J connectivity index is 1.18. The number of amides is 1. The number of carbonyl (C=O) groups excluding carboxylic acids is 1. The van der Waals surface area contributed by atoms with E-state index in [-0.39, 0.29) is 28.6 Å². The van der Waals surface area contributed by atoms with Crippen LogP contribution in [-0.2, 0) is 22.7 Å². The summed E-state index contributed by atoms with van der Waals surface area (Å²) in [6.07, 6.45) is 4.04. The molecule has 0 aliphatic carbocycles. The molecule has 0 saturated carbocycles. The first kappa shape index (κ1) is 34.6. The first-order chi connectivity index (χ1) is 23.7. The lowest BCUT2D eigenvalue weighted by atomic mass is 9.97. The lowest BCUT2D eigenvalue weighted by Gasteiger charge is -2.30. The minimum absolute atomic E-state index is 0.0807. The third kappa shape index (κ3) is 7.96. The molecule has 2 fully saturated rings. The Kier molecular flexibility index (Phi) is 10.9. The number of pyridine rings is 2. The summed E-state index contributed by atoms with van der Waals surface area (Å²) in [4.78, 5) is 34.1. The molecule has 1 amide bonds. The number of hydrogen-bond acceptors (Lipinski definition) is 8. The molecule has 10 nitrogen and oxygen atoms in total. The minimum Gasteiger partial charge on any atom is -0.481 e. The van der Waals surface area contributed by atoms with E-state index in [4.69, 9.17) is 32.9 Å². The van der Waals surface area contributed by atoms with E-state index in [1.807, 2.05) is 30.3 Å². The number of halogens is 3. The molecule has 6 rings (SSSR count). The number of piperidine rings is 1. The second-order valence-electron chi connectivity index (χ2n) is 12.3. The molecular formula is C36H37Cl2FN6O4. The van der Waals surface area contributed by atoms with E-state index in [0.717, 1.165) is 12.0 Å². The third-order valence-corrected chi connectivity index (χ3v) is 9.81. The standard InChI is InChI=1S/C36H37Cl2FN6O4/c1-49-35-22(18-40-19-24-9-11-30(46)42-24)8-10-27(44-35)25-5-3-6-26(31(25)37)34-32(38)28(12-15-41-34)43-29-7-2-4-23(33(29)39)20-45-16-13-21(14-17-45)36(47)48/h2-8,10,12,15,21,24,40H,9,11,13-14,16-20H2,1H3,(H,41,43)(H,42,46)(H,47,48)/t24-/m0/s1. The fourth-order valence-corrected chi connectivity index (χ4v) is 6.88. The Morgan fingerprint density at radius 1 is 1.02 bits per heavy atom. The lowest BCUT2D eigenvalue weighted by molar-refractivity contribution is -0.143. The van der Waals surface area contributed by atoms with Gasteiger partial charge in [0, 0.05) is 60.5 Å². The summed E-state index contributed by atoms with van der Waals surface area (Å²) < 4.78 is 21.3. The maximum atomic E-state index is 15.7. The largest absolute Gasteiger partial charge is 0.481 e. The maximum Gasteiger partial charge on any atom is 0.306 e. The van der Waals surface area contributed by atoms with Crippen molar-refractivity contribution in [3.05, 3.63) is 87.8 Å². The smallest absolute Gasteiger partial charge is 0.306 e. The van der Waals surface area contributed by atoms with Gasteiger partial charge < -0.3 is 25.8 Å². The summed E-state index contributed by atoms with van der Waals surface area (Å²) in [6, 6.07) is 16.3. The van der Waals surface area contributed by atoms with Crippen LogP contribution in [0, 0.1) is 11.7 Å². The monoisotopic (exact) mass is 706 g/mol. The zero-order chi connectivity index (χ0) is 34.5. The molecule has 2 aliphatic heterocycles. The predicted molar refractivity (Wildman–Crippen MR) is 188 cm³/mol. The molecule has 2 aromatic heterocycles. The van der Waals surface area contributed by atoms with Crippen molar-refractivity contribution in [2.24, 2.45) is 5.92 Å². The minimum atomic E-state index is -0.776. The van der Waals surface area contributed by atoms with Crippen LogP contribution in [-0.4, -0.2) is 64.6 Å². The van der Waals surface area contributed by atoms with Gasteiger partial charge >= 0.3 is 5.97 Å². The van der Waals surface area contributed by atoms with Crippen molar-refractivity contribution >= 4 is 46.5 Å². The van der Waals surface area contributed by atoms with Crippen molar-refractivity contribution in [1.29, 1.82) is 0 Å². The highest BCUT2D eigenvalue weighted by atomic mass is 35.5. The SMILES string of the molecule is COc1nc(-c2cccc(-c3nccc(Nc4cccc(CN5CCC(C(=O)O)CC5)c4F)c3Cl)c2Cl)ccc1CNC[C@@H]1CCC(=O)N1. The number of anilines is 2.